The third-order valence-corrected chi connectivity index (χ3v) is 4.75. The van der Waals surface area contributed by atoms with Gasteiger partial charge in [-0.2, -0.15) is 0 Å². The van der Waals surface area contributed by atoms with E-state index in [0.717, 1.165) is 13.1 Å². The van der Waals surface area contributed by atoms with Gasteiger partial charge >= 0.3 is 0 Å². The van der Waals surface area contributed by atoms with Crippen LogP contribution in [0.4, 0.5) is 0 Å². The van der Waals surface area contributed by atoms with Gasteiger partial charge in [-0.25, -0.2) is 0 Å². The molecule has 0 saturated carbocycles. The number of likely N-dealkylation sites (N-methyl/N-ethyl adjacent to an activating group) is 1. The maximum absolute atomic E-state index is 3.51. The normalized spacial score (nSPS) is 18.7. The summed E-state index contributed by atoms with van der Waals surface area (Å²) in [5.41, 5.74) is 0. The SMILES string of the molecule is CN1CCN(CCNCc2ccc(Br)s2)CC1. The molecule has 1 aromatic heterocycles. The van der Waals surface area contributed by atoms with E-state index in [4.69, 9.17) is 0 Å². The van der Waals surface area contributed by atoms with Gasteiger partial charge in [-0.3, -0.25) is 4.90 Å². The minimum absolute atomic E-state index is 0.990. The molecule has 0 spiro atoms. The van der Waals surface area contributed by atoms with Crippen molar-refractivity contribution in [3.05, 3.63) is 20.8 Å². The molecule has 17 heavy (non-hydrogen) atoms. The Kier molecular flexibility index (Phi) is 5.44. The van der Waals surface area contributed by atoms with Gasteiger partial charge in [-0.15, -0.1) is 11.3 Å². The van der Waals surface area contributed by atoms with Crippen LogP contribution in [-0.4, -0.2) is 56.1 Å². The third-order valence-electron chi connectivity index (χ3n) is 3.13. The molecule has 2 heterocycles. The summed E-state index contributed by atoms with van der Waals surface area (Å²) >= 11 is 5.30. The number of rotatable bonds is 5. The lowest BCUT2D eigenvalue weighted by molar-refractivity contribution is 0.154. The fourth-order valence-electron chi connectivity index (χ4n) is 1.97. The van der Waals surface area contributed by atoms with Crippen LogP contribution in [0.3, 0.4) is 0 Å². The van der Waals surface area contributed by atoms with E-state index in [1.807, 2.05) is 11.3 Å². The summed E-state index contributed by atoms with van der Waals surface area (Å²) in [4.78, 5) is 6.33. The van der Waals surface area contributed by atoms with Gasteiger partial charge in [0.15, 0.2) is 0 Å². The lowest BCUT2D eigenvalue weighted by atomic mass is 10.3. The molecule has 96 valence electrons. The summed E-state index contributed by atoms with van der Waals surface area (Å²) in [6, 6.07) is 4.29. The quantitative estimate of drug-likeness (QED) is 0.836. The second-order valence-corrected chi connectivity index (χ2v) is 7.08. The van der Waals surface area contributed by atoms with Crippen LogP contribution in [0, 0.1) is 0 Å². The van der Waals surface area contributed by atoms with Gasteiger partial charge in [0, 0.05) is 50.7 Å². The minimum atomic E-state index is 0.990. The molecule has 0 aromatic carbocycles. The molecule has 1 saturated heterocycles. The number of piperazine rings is 1. The maximum Gasteiger partial charge on any atom is 0.0701 e. The Labute approximate surface area is 116 Å². The topological polar surface area (TPSA) is 18.5 Å². The van der Waals surface area contributed by atoms with E-state index in [0.29, 0.717) is 0 Å². The van der Waals surface area contributed by atoms with E-state index in [1.165, 1.54) is 41.4 Å². The van der Waals surface area contributed by atoms with Crippen LogP contribution in [0.5, 0.6) is 0 Å². The molecular weight excluding hydrogens is 298 g/mol. The molecule has 0 unspecified atom stereocenters. The van der Waals surface area contributed by atoms with Crippen molar-refractivity contribution in [3.8, 4) is 0 Å². The highest BCUT2D eigenvalue weighted by Crippen LogP contribution is 2.21. The molecular formula is C12H20BrN3S. The summed E-state index contributed by atoms with van der Waals surface area (Å²) in [6.07, 6.45) is 0. The molecule has 1 aromatic rings. The standard InChI is InChI=1S/C12H20BrN3S/c1-15-6-8-16(9-7-15)5-4-14-10-11-2-3-12(13)17-11/h2-3,14H,4-10H2,1H3. The molecule has 1 aliphatic rings. The molecule has 0 amide bonds. The van der Waals surface area contributed by atoms with Crippen LogP contribution >= 0.6 is 27.3 Å². The Bertz CT molecular complexity index is 334. The first-order valence-corrected chi connectivity index (χ1v) is 7.71. The van der Waals surface area contributed by atoms with Crippen LogP contribution in [0.25, 0.3) is 0 Å². The van der Waals surface area contributed by atoms with Crippen LogP contribution < -0.4 is 5.32 Å². The first-order chi connectivity index (χ1) is 8.24. The van der Waals surface area contributed by atoms with Gasteiger partial charge in [0.25, 0.3) is 0 Å². The van der Waals surface area contributed by atoms with Crippen LogP contribution in [-0.2, 0) is 6.54 Å². The Balaban J connectivity index is 1.57. The first-order valence-electron chi connectivity index (χ1n) is 6.10. The van der Waals surface area contributed by atoms with Crippen molar-refractivity contribution in [1.29, 1.82) is 0 Å². The second-order valence-electron chi connectivity index (χ2n) is 4.53. The fraction of sp³-hybridized carbons (Fsp3) is 0.667. The van der Waals surface area contributed by atoms with Gasteiger partial charge < -0.3 is 10.2 Å². The zero-order valence-electron chi connectivity index (χ0n) is 10.3. The third kappa shape index (κ3) is 4.67. The molecule has 1 aliphatic heterocycles. The molecule has 2 rings (SSSR count). The summed E-state index contributed by atoms with van der Waals surface area (Å²) in [7, 11) is 2.20. The summed E-state index contributed by atoms with van der Waals surface area (Å²) < 4.78 is 1.22. The molecule has 0 aliphatic carbocycles. The van der Waals surface area contributed by atoms with Crippen LogP contribution in [0.2, 0.25) is 0 Å². The van der Waals surface area contributed by atoms with Crippen LogP contribution in [0.1, 0.15) is 4.88 Å². The summed E-state index contributed by atoms with van der Waals surface area (Å²) in [6.45, 7) is 8.07. The average Bonchev–Trinajstić information content (AvgIpc) is 2.73. The van der Waals surface area contributed by atoms with Gasteiger partial charge in [0.1, 0.15) is 0 Å². The molecule has 0 atom stereocenters. The van der Waals surface area contributed by atoms with E-state index in [1.54, 1.807) is 0 Å². The Hall–Kier alpha value is 0.0600. The van der Waals surface area contributed by atoms with Gasteiger partial charge in [-0.1, -0.05) is 0 Å². The van der Waals surface area contributed by atoms with Crippen molar-refractivity contribution in [2.24, 2.45) is 0 Å². The summed E-state index contributed by atoms with van der Waals surface area (Å²) in [5.74, 6) is 0. The van der Waals surface area contributed by atoms with E-state index < -0.39 is 0 Å². The smallest absolute Gasteiger partial charge is 0.0701 e. The maximum atomic E-state index is 3.51. The van der Waals surface area contributed by atoms with Crippen molar-refractivity contribution in [2.75, 3.05) is 46.3 Å². The highest BCUT2D eigenvalue weighted by Gasteiger charge is 2.12. The Morgan fingerprint density at radius 3 is 2.71 bits per heavy atom. The molecule has 3 nitrogen and oxygen atoms in total. The molecule has 0 radical (unpaired) electrons. The van der Waals surface area contributed by atoms with E-state index in [9.17, 15) is 0 Å². The monoisotopic (exact) mass is 317 g/mol. The number of hydrogen-bond acceptors (Lipinski definition) is 4. The van der Waals surface area contributed by atoms with E-state index >= 15 is 0 Å². The first kappa shape index (κ1) is 13.5. The fourth-order valence-corrected chi connectivity index (χ4v) is 3.42. The van der Waals surface area contributed by atoms with Crippen LogP contribution in [0.15, 0.2) is 15.9 Å². The number of thiophene rings is 1. The van der Waals surface area contributed by atoms with Gasteiger partial charge in [0.05, 0.1) is 3.79 Å². The lowest BCUT2D eigenvalue weighted by Crippen LogP contribution is -2.46. The second kappa shape index (κ2) is 6.85. The molecule has 0 bridgehead atoms. The zero-order valence-corrected chi connectivity index (χ0v) is 12.7. The van der Waals surface area contributed by atoms with E-state index in [-0.39, 0.29) is 0 Å². The highest BCUT2D eigenvalue weighted by molar-refractivity contribution is 9.11. The van der Waals surface area contributed by atoms with E-state index in [2.05, 4.69) is 50.2 Å². The number of halogens is 1. The molecule has 1 fully saturated rings. The van der Waals surface area contributed by atoms with Crippen molar-refractivity contribution < 1.29 is 0 Å². The lowest BCUT2D eigenvalue weighted by Gasteiger charge is -2.32. The van der Waals surface area contributed by atoms with Crippen molar-refractivity contribution >= 4 is 27.3 Å². The summed E-state index contributed by atoms with van der Waals surface area (Å²) in [5, 5.41) is 3.51. The minimum Gasteiger partial charge on any atom is -0.311 e. The zero-order chi connectivity index (χ0) is 12.1. The highest BCUT2D eigenvalue weighted by atomic mass is 79.9. The van der Waals surface area contributed by atoms with Gasteiger partial charge in [-0.05, 0) is 35.1 Å². The number of nitrogens with zero attached hydrogens (tertiary/aromatic N) is 2. The van der Waals surface area contributed by atoms with Crippen molar-refractivity contribution in [3.63, 3.8) is 0 Å². The number of nitrogens with one attached hydrogen (secondary N) is 1. The Morgan fingerprint density at radius 2 is 2.06 bits per heavy atom. The van der Waals surface area contributed by atoms with Crippen molar-refractivity contribution in [2.45, 2.75) is 6.54 Å². The largest absolute Gasteiger partial charge is 0.311 e. The predicted molar refractivity (Wildman–Crippen MR) is 77.7 cm³/mol. The molecule has 5 heteroatoms. The van der Waals surface area contributed by atoms with Gasteiger partial charge in [0.2, 0.25) is 0 Å². The molecule has 1 N–H and O–H groups in total. The Morgan fingerprint density at radius 1 is 1.29 bits per heavy atom. The van der Waals surface area contributed by atoms with Crippen molar-refractivity contribution in [1.82, 2.24) is 15.1 Å². The average molecular weight is 318 g/mol. The number of hydrogen-bond donors (Lipinski definition) is 1. The predicted octanol–water partition coefficient (Wildman–Crippen LogP) is 1.85.